The summed E-state index contributed by atoms with van der Waals surface area (Å²) in [7, 11) is 0. The van der Waals surface area contributed by atoms with Crippen molar-refractivity contribution < 1.29 is 4.92 Å². The summed E-state index contributed by atoms with van der Waals surface area (Å²) in [4.78, 5) is 10.4. The Morgan fingerprint density at radius 2 is 1.62 bits per heavy atom. The number of halogens is 1. The summed E-state index contributed by atoms with van der Waals surface area (Å²) in [5.41, 5.74) is 2.08. The maximum absolute atomic E-state index is 10.8. The predicted octanol–water partition coefficient (Wildman–Crippen LogP) is 4.66. The van der Waals surface area contributed by atoms with Crippen molar-refractivity contribution in [2.75, 3.05) is 0 Å². The largest absolute Gasteiger partial charge is 0.304 e. The number of non-ortho nitro benzene ring substituents is 1. The number of nitrogens with zero attached hydrogens (tertiary/aromatic N) is 1. The Labute approximate surface area is 128 Å². The van der Waals surface area contributed by atoms with Crippen LogP contribution in [0.1, 0.15) is 37.1 Å². The van der Waals surface area contributed by atoms with Gasteiger partial charge in [-0.2, -0.15) is 0 Å². The fourth-order valence-corrected chi connectivity index (χ4v) is 2.45. The first kappa shape index (κ1) is 15.5. The molecule has 2 rings (SSSR count). The first-order valence-electron chi connectivity index (χ1n) is 6.73. The average Bonchev–Trinajstić information content (AvgIpc) is 2.47. The third-order valence-electron chi connectivity index (χ3n) is 3.43. The lowest BCUT2D eigenvalue weighted by atomic mass is 10.0. The monoisotopic (exact) mass is 304 g/mol. The van der Waals surface area contributed by atoms with Gasteiger partial charge in [-0.1, -0.05) is 35.9 Å². The summed E-state index contributed by atoms with van der Waals surface area (Å²) in [5.74, 6) is 0. The highest BCUT2D eigenvalue weighted by Crippen LogP contribution is 2.23. The van der Waals surface area contributed by atoms with E-state index in [1.54, 1.807) is 12.1 Å². The van der Waals surface area contributed by atoms with E-state index < -0.39 is 0 Å². The van der Waals surface area contributed by atoms with Gasteiger partial charge in [0.2, 0.25) is 0 Å². The smallest absolute Gasteiger partial charge is 0.269 e. The number of hydrogen-bond acceptors (Lipinski definition) is 3. The minimum Gasteiger partial charge on any atom is -0.304 e. The molecule has 0 spiro atoms. The van der Waals surface area contributed by atoms with Crippen LogP contribution in [-0.4, -0.2) is 4.92 Å². The van der Waals surface area contributed by atoms with Crippen molar-refractivity contribution in [3.63, 3.8) is 0 Å². The van der Waals surface area contributed by atoms with E-state index in [9.17, 15) is 10.1 Å². The molecule has 2 aromatic rings. The third-order valence-corrected chi connectivity index (χ3v) is 3.66. The Bertz CT molecular complexity index is 646. The molecular weight excluding hydrogens is 288 g/mol. The summed E-state index contributed by atoms with van der Waals surface area (Å²) >= 11 is 6.00. The van der Waals surface area contributed by atoms with E-state index in [0.29, 0.717) is 5.02 Å². The van der Waals surface area contributed by atoms with Gasteiger partial charge in [-0.05, 0) is 37.1 Å². The molecule has 0 aliphatic heterocycles. The summed E-state index contributed by atoms with van der Waals surface area (Å²) in [6.07, 6.45) is 0. The van der Waals surface area contributed by atoms with Gasteiger partial charge in [0.05, 0.1) is 4.92 Å². The number of benzene rings is 2. The van der Waals surface area contributed by atoms with Gasteiger partial charge in [-0.15, -0.1) is 0 Å². The van der Waals surface area contributed by atoms with Crippen LogP contribution < -0.4 is 5.32 Å². The van der Waals surface area contributed by atoms with E-state index in [1.165, 1.54) is 6.07 Å². The molecule has 0 saturated carbocycles. The fourth-order valence-electron chi connectivity index (χ4n) is 2.25. The lowest BCUT2D eigenvalue weighted by Crippen LogP contribution is -2.22. The molecule has 0 aromatic heterocycles. The number of rotatable bonds is 5. The van der Waals surface area contributed by atoms with E-state index in [4.69, 9.17) is 11.6 Å². The molecule has 0 radical (unpaired) electrons. The molecule has 0 aliphatic rings. The molecular formula is C16H17ClN2O2. The van der Waals surface area contributed by atoms with Gasteiger partial charge in [0.1, 0.15) is 0 Å². The summed E-state index contributed by atoms with van der Waals surface area (Å²) < 4.78 is 0. The van der Waals surface area contributed by atoms with Crippen LogP contribution in [0.3, 0.4) is 0 Å². The Kier molecular flexibility index (Phi) is 4.94. The lowest BCUT2D eigenvalue weighted by Gasteiger charge is -2.21. The zero-order valence-corrected chi connectivity index (χ0v) is 12.7. The van der Waals surface area contributed by atoms with Crippen LogP contribution in [0.5, 0.6) is 0 Å². The SMILES string of the molecule is CC(NC(C)c1cccc([N+](=O)[O-])c1)c1cccc(Cl)c1. The van der Waals surface area contributed by atoms with Crippen LogP contribution in [0.2, 0.25) is 5.02 Å². The molecule has 1 N–H and O–H groups in total. The normalized spacial score (nSPS) is 13.7. The molecule has 21 heavy (non-hydrogen) atoms. The zero-order valence-electron chi connectivity index (χ0n) is 11.9. The van der Waals surface area contributed by atoms with Crippen LogP contribution >= 0.6 is 11.6 Å². The van der Waals surface area contributed by atoms with Gasteiger partial charge < -0.3 is 5.32 Å². The van der Waals surface area contributed by atoms with Gasteiger partial charge in [0.15, 0.2) is 0 Å². The van der Waals surface area contributed by atoms with Gasteiger partial charge >= 0.3 is 0 Å². The first-order chi connectivity index (χ1) is 9.97. The molecule has 0 fully saturated rings. The van der Waals surface area contributed by atoms with Crippen LogP contribution in [0, 0.1) is 10.1 Å². The summed E-state index contributed by atoms with van der Waals surface area (Å²) in [5, 5.41) is 15.0. The average molecular weight is 305 g/mol. The highest BCUT2D eigenvalue weighted by atomic mass is 35.5. The Balaban J connectivity index is 2.12. The molecule has 0 amide bonds. The highest BCUT2D eigenvalue weighted by Gasteiger charge is 2.14. The quantitative estimate of drug-likeness (QED) is 0.645. The molecule has 0 aliphatic carbocycles. The minimum atomic E-state index is -0.378. The van der Waals surface area contributed by atoms with Crippen molar-refractivity contribution >= 4 is 17.3 Å². The van der Waals surface area contributed by atoms with Crippen molar-refractivity contribution in [1.82, 2.24) is 5.32 Å². The maximum Gasteiger partial charge on any atom is 0.269 e. The highest BCUT2D eigenvalue weighted by molar-refractivity contribution is 6.30. The first-order valence-corrected chi connectivity index (χ1v) is 7.11. The fraction of sp³-hybridized carbons (Fsp3) is 0.250. The minimum absolute atomic E-state index is 0.00104. The molecule has 0 heterocycles. The lowest BCUT2D eigenvalue weighted by molar-refractivity contribution is -0.384. The number of nitrogens with one attached hydrogen (secondary N) is 1. The van der Waals surface area contributed by atoms with Crippen LogP contribution in [0.15, 0.2) is 48.5 Å². The molecule has 4 nitrogen and oxygen atoms in total. The molecule has 5 heteroatoms. The van der Waals surface area contributed by atoms with Crippen molar-refractivity contribution in [3.05, 3.63) is 74.8 Å². The third kappa shape index (κ3) is 4.03. The summed E-state index contributed by atoms with van der Waals surface area (Å²) in [6.45, 7) is 4.03. The van der Waals surface area contributed by atoms with Crippen LogP contribution in [0.25, 0.3) is 0 Å². The second-order valence-electron chi connectivity index (χ2n) is 5.02. The molecule has 2 atom stereocenters. The van der Waals surface area contributed by atoms with E-state index >= 15 is 0 Å². The Morgan fingerprint density at radius 1 is 1.05 bits per heavy atom. The zero-order chi connectivity index (χ0) is 15.4. The molecule has 110 valence electrons. The van der Waals surface area contributed by atoms with E-state index in [2.05, 4.69) is 5.32 Å². The summed E-state index contributed by atoms with van der Waals surface area (Å²) in [6, 6.07) is 14.4. The van der Waals surface area contributed by atoms with Gasteiger partial charge in [-0.25, -0.2) is 0 Å². The molecule has 0 bridgehead atoms. The van der Waals surface area contributed by atoms with E-state index in [1.807, 2.05) is 44.2 Å². The van der Waals surface area contributed by atoms with Crippen molar-refractivity contribution in [1.29, 1.82) is 0 Å². The Morgan fingerprint density at radius 3 is 2.19 bits per heavy atom. The van der Waals surface area contributed by atoms with E-state index in [-0.39, 0.29) is 22.7 Å². The molecule has 2 unspecified atom stereocenters. The van der Waals surface area contributed by atoms with Crippen LogP contribution in [0.4, 0.5) is 5.69 Å². The predicted molar refractivity (Wildman–Crippen MR) is 84.5 cm³/mol. The standard InChI is InChI=1S/C16H17ClN2O2/c1-11(13-5-3-7-15(17)9-13)18-12(2)14-6-4-8-16(10-14)19(20)21/h3-12,18H,1-2H3. The molecule has 2 aromatic carbocycles. The number of nitro benzene ring substituents is 1. The Hall–Kier alpha value is -1.91. The maximum atomic E-state index is 10.8. The second kappa shape index (κ2) is 6.70. The van der Waals surface area contributed by atoms with Crippen molar-refractivity contribution in [2.24, 2.45) is 0 Å². The van der Waals surface area contributed by atoms with E-state index in [0.717, 1.165) is 11.1 Å². The number of nitro groups is 1. The van der Waals surface area contributed by atoms with Gasteiger partial charge in [-0.3, -0.25) is 10.1 Å². The van der Waals surface area contributed by atoms with Gasteiger partial charge in [0, 0.05) is 29.2 Å². The second-order valence-corrected chi connectivity index (χ2v) is 5.45. The number of hydrogen-bond donors (Lipinski definition) is 1. The van der Waals surface area contributed by atoms with Crippen LogP contribution in [-0.2, 0) is 0 Å². The molecule has 0 saturated heterocycles. The van der Waals surface area contributed by atoms with Crippen molar-refractivity contribution in [2.45, 2.75) is 25.9 Å². The van der Waals surface area contributed by atoms with Gasteiger partial charge in [0.25, 0.3) is 5.69 Å². The topological polar surface area (TPSA) is 55.2 Å². The van der Waals surface area contributed by atoms with Crippen molar-refractivity contribution in [3.8, 4) is 0 Å².